The first-order valence-electron chi connectivity index (χ1n) is 5.07. The molecule has 1 aromatic rings. The number of rotatable bonds is 2. The predicted octanol–water partition coefficient (Wildman–Crippen LogP) is 2.96. The zero-order chi connectivity index (χ0) is 11.4. The lowest BCUT2D eigenvalue weighted by atomic mass is 9.94. The average Bonchev–Trinajstić information content (AvgIpc) is 2.30. The Labute approximate surface area is 93.7 Å². The smallest absolute Gasteiger partial charge is 0.450 e. The lowest BCUT2D eigenvalue weighted by molar-refractivity contribution is 0.0827. The highest BCUT2D eigenvalue weighted by atomic mass is 16.7. The van der Waals surface area contributed by atoms with Gasteiger partial charge in [-0.15, -0.1) is 0 Å². The van der Waals surface area contributed by atoms with Crippen molar-refractivity contribution in [1.29, 1.82) is 0 Å². The van der Waals surface area contributed by atoms with Crippen molar-refractivity contribution >= 4 is 6.16 Å². The van der Waals surface area contributed by atoms with Gasteiger partial charge in [-0.05, 0) is 17.7 Å². The molecule has 16 heavy (non-hydrogen) atoms. The van der Waals surface area contributed by atoms with Gasteiger partial charge in [0.1, 0.15) is 6.10 Å². The molecular weight excluding hydrogens is 204 g/mol. The summed E-state index contributed by atoms with van der Waals surface area (Å²) >= 11 is 0. The molecule has 0 aromatic heterocycles. The highest BCUT2D eigenvalue weighted by Gasteiger charge is 2.13. The monoisotopic (exact) mass is 216 g/mol. The van der Waals surface area contributed by atoms with E-state index in [4.69, 9.17) is 5.11 Å². The SMILES string of the molecule is O=C(O)OC1C=CC(c2ccccc2)C=C1. The van der Waals surface area contributed by atoms with E-state index < -0.39 is 12.3 Å². The molecule has 0 aliphatic heterocycles. The summed E-state index contributed by atoms with van der Waals surface area (Å²) in [5.74, 6) is 0.204. The summed E-state index contributed by atoms with van der Waals surface area (Å²) in [5, 5.41) is 8.46. The number of carbonyl (C=O) groups is 1. The Morgan fingerprint density at radius 2 is 1.69 bits per heavy atom. The molecule has 1 N–H and O–H groups in total. The van der Waals surface area contributed by atoms with Gasteiger partial charge in [0.05, 0.1) is 0 Å². The Kier molecular flexibility index (Phi) is 3.05. The van der Waals surface area contributed by atoms with Crippen LogP contribution >= 0.6 is 0 Å². The molecule has 0 atom stereocenters. The van der Waals surface area contributed by atoms with Crippen LogP contribution in [-0.4, -0.2) is 17.4 Å². The van der Waals surface area contributed by atoms with E-state index in [-0.39, 0.29) is 5.92 Å². The third kappa shape index (κ3) is 2.51. The molecule has 3 heteroatoms. The standard InChI is InChI=1S/C13H12O3/c14-13(15)16-12-8-6-11(7-9-12)10-4-2-1-3-5-10/h1-9,11-12H,(H,14,15). The van der Waals surface area contributed by atoms with Crippen molar-refractivity contribution in [3.63, 3.8) is 0 Å². The van der Waals surface area contributed by atoms with Gasteiger partial charge < -0.3 is 9.84 Å². The first-order chi connectivity index (χ1) is 7.75. The van der Waals surface area contributed by atoms with Gasteiger partial charge >= 0.3 is 6.16 Å². The first-order valence-corrected chi connectivity index (χ1v) is 5.07. The fourth-order valence-corrected chi connectivity index (χ4v) is 1.68. The van der Waals surface area contributed by atoms with Gasteiger partial charge in [-0.2, -0.15) is 0 Å². The van der Waals surface area contributed by atoms with Crippen LogP contribution in [0, 0.1) is 0 Å². The van der Waals surface area contributed by atoms with Gasteiger partial charge in [-0.25, -0.2) is 4.79 Å². The van der Waals surface area contributed by atoms with Crippen LogP contribution < -0.4 is 0 Å². The normalized spacial score (nSPS) is 23.0. The number of carboxylic acid groups (broad SMARTS) is 1. The maximum atomic E-state index is 10.3. The van der Waals surface area contributed by atoms with Crippen molar-refractivity contribution in [3.8, 4) is 0 Å². The fourth-order valence-electron chi connectivity index (χ4n) is 1.68. The maximum Gasteiger partial charge on any atom is 0.506 e. The lowest BCUT2D eigenvalue weighted by Crippen LogP contribution is -2.14. The van der Waals surface area contributed by atoms with Crippen LogP contribution in [0.2, 0.25) is 0 Å². The van der Waals surface area contributed by atoms with Crippen LogP contribution in [0.5, 0.6) is 0 Å². The molecule has 1 aromatic carbocycles. The third-order valence-electron chi connectivity index (χ3n) is 2.44. The van der Waals surface area contributed by atoms with Gasteiger partial charge in [-0.3, -0.25) is 0 Å². The summed E-state index contributed by atoms with van der Waals surface area (Å²) < 4.78 is 4.62. The van der Waals surface area contributed by atoms with E-state index >= 15 is 0 Å². The third-order valence-corrected chi connectivity index (χ3v) is 2.44. The molecule has 2 rings (SSSR count). The average molecular weight is 216 g/mol. The minimum Gasteiger partial charge on any atom is -0.450 e. The largest absolute Gasteiger partial charge is 0.506 e. The zero-order valence-corrected chi connectivity index (χ0v) is 8.61. The Bertz CT molecular complexity index is 406. The van der Waals surface area contributed by atoms with Crippen molar-refractivity contribution in [3.05, 3.63) is 60.2 Å². The second-order valence-electron chi connectivity index (χ2n) is 3.55. The number of allylic oxidation sites excluding steroid dienone is 2. The number of hydrogen-bond acceptors (Lipinski definition) is 2. The molecule has 1 aliphatic rings. The topological polar surface area (TPSA) is 46.5 Å². The minimum atomic E-state index is -1.25. The summed E-state index contributed by atoms with van der Waals surface area (Å²) in [6.07, 6.45) is 5.69. The molecule has 0 bridgehead atoms. The van der Waals surface area contributed by atoms with Crippen molar-refractivity contribution in [2.24, 2.45) is 0 Å². The molecule has 1 aliphatic carbocycles. The van der Waals surface area contributed by atoms with E-state index in [9.17, 15) is 4.79 Å². The molecule has 3 nitrogen and oxygen atoms in total. The Morgan fingerprint density at radius 3 is 2.25 bits per heavy atom. The van der Waals surface area contributed by atoms with E-state index in [0.717, 1.165) is 0 Å². The van der Waals surface area contributed by atoms with Crippen molar-refractivity contribution < 1.29 is 14.6 Å². The highest BCUT2D eigenvalue weighted by Crippen LogP contribution is 2.22. The summed E-state index contributed by atoms with van der Waals surface area (Å²) in [4.78, 5) is 10.3. The van der Waals surface area contributed by atoms with E-state index in [0.29, 0.717) is 0 Å². The molecule has 0 fully saturated rings. The second kappa shape index (κ2) is 4.66. The predicted molar refractivity (Wildman–Crippen MR) is 60.4 cm³/mol. The van der Waals surface area contributed by atoms with E-state index in [1.54, 1.807) is 12.2 Å². The van der Waals surface area contributed by atoms with Crippen molar-refractivity contribution in [1.82, 2.24) is 0 Å². The molecule has 0 saturated heterocycles. The second-order valence-corrected chi connectivity index (χ2v) is 3.55. The molecule has 0 radical (unpaired) electrons. The molecule has 0 saturated carbocycles. The van der Waals surface area contributed by atoms with Gasteiger partial charge in [0.15, 0.2) is 0 Å². The van der Waals surface area contributed by atoms with Crippen molar-refractivity contribution in [2.45, 2.75) is 12.0 Å². The molecule has 82 valence electrons. The highest BCUT2D eigenvalue weighted by molar-refractivity contribution is 5.57. The maximum absolute atomic E-state index is 10.3. The van der Waals surface area contributed by atoms with Crippen LogP contribution in [0.1, 0.15) is 11.5 Å². The molecular formula is C13H12O3. The number of hydrogen-bond donors (Lipinski definition) is 1. The van der Waals surface area contributed by atoms with Gasteiger partial charge in [0, 0.05) is 5.92 Å². The zero-order valence-electron chi connectivity index (χ0n) is 8.61. The summed E-state index contributed by atoms with van der Waals surface area (Å²) in [6, 6.07) is 10.0. The summed E-state index contributed by atoms with van der Waals surface area (Å²) in [6.45, 7) is 0. The lowest BCUT2D eigenvalue weighted by Gasteiger charge is -2.16. The van der Waals surface area contributed by atoms with Crippen LogP contribution in [-0.2, 0) is 4.74 Å². The van der Waals surface area contributed by atoms with Crippen LogP contribution in [0.3, 0.4) is 0 Å². The summed E-state index contributed by atoms with van der Waals surface area (Å²) in [7, 11) is 0. The molecule has 0 amide bonds. The van der Waals surface area contributed by atoms with Crippen LogP contribution in [0.25, 0.3) is 0 Å². The van der Waals surface area contributed by atoms with E-state index in [2.05, 4.69) is 4.74 Å². The fraction of sp³-hybridized carbons (Fsp3) is 0.154. The van der Waals surface area contributed by atoms with Crippen molar-refractivity contribution in [2.75, 3.05) is 0 Å². The van der Waals surface area contributed by atoms with E-state index in [1.807, 2.05) is 42.5 Å². The Balaban J connectivity index is 2.04. The van der Waals surface area contributed by atoms with Gasteiger partial charge in [-0.1, -0.05) is 42.5 Å². The summed E-state index contributed by atoms with van der Waals surface area (Å²) in [5.41, 5.74) is 1.18. The number of benzene rings is 1. The Morgan fingerprint density at radius 1 is 1.06 bits per heavy atom. The molecule has 0 unspecified atom stereocenters. The molecule has 0 heterocycles. The van der Waals surface area contributed by atoms with Gasteiger partial charge in [0.25, 0.3) is 0 Å². The van der Waals surface area contributed by atoms with Crippen LogP contribution in [0.15, 0.2) is 54.6 Å². The van der Waals surface area contributed by atoms with Crippen LogP contribution in [0.4, 0.5) is 4.79 Å². The van der Waals surface area contributed by atoms with Gasteiger partial charge in [0.2, 0.25) is 0 Å². The minimum absolute atomic E-state index is 0.204. The Hall–Kier alpha value is -2.03. The first kappa shape index (κ1) is 10.5. The quantitative estimate of drug-likeness (QED) is 0.610. The number of ether oxygens (including phenoxy) is 1. The molecule has 0 spiro atoms. The van der Waals surface area contributed by atoms with E-state index in [1.165, 1.54) is 5.56 Å².